The molecule has 0 aromatic rings. The van der Waals surface area contributed by atoms with Crippen LogP contribution >= 0.6 is 0 Å². The second-order valence-electron chi connectivity index (χ2n) is 7.25. The summed E-state index contributed by atoms with van der Waals surface area (Å²) in [4.78, 5) is 33.1. The summed E-state index contributed by atoms with van der Waals surface area (Å²) in [6, 6.07) is 0. The van der Waals surface area contributed by atoms with Gasteiger partial charge >= 0.3 is 35.5 Å². The molecule has 24 heavy (non-hydrogen) atoms. The van der Waals surface area contributed by atoms with E-state index in [1.165, 1.54) is 0 Å². The molecule has 0 aromatic carbocycles. The summed E-state index contributed by atoms with van der Waals surface area (Å²) in [7, 11) is 0. The molecule has 0 aliphatic carbocycles. The van der Waals surface area contributed by atoms with Crippen LogP contribution in [0.5, 0.6) is 0 Å². The number of hydrogen-bond acceptors (Lipinski definition) is 6. The van der Waals surface area contributed by atoms with Crippen molar-refractivity contribution in [3.8, 4) is 0 Å². The van der Waals surface area contributed by atoms with E-state index in [1.807, 2.05) is 0 Å². The molecule has 0 bridgehead atoms. The Kier molecular flexibility index (Phi) is 13.3. The first-order valence-electron chi connectivity index (χ1n) is 8.18. The molecule has 7 heteroatoms. The van der Waals surface area contributed by atoms with Gasteiger partial charge in [-0.15, -0.1) is 0 Å². The Morgan fingerprint density at radius 3 is 2.08 bits per heavy atom. The second-order valence-corrected chi connectivity index (χ2v) is 7.25. The third-order valence-corrected chi connectivity index (χ3v) is 4.03. The summed E-state index contributed by atoms with van der Waals surface area (Å²) >= 11 is 0. The third kappa shape index (κ3) is 10.7. The van der Waals surface area contributed by atoms with Crippen molar-refractivity contribution in [3.05, 3.63) is 0 Å². The van der Waals surface area contributed by atoms with Crippen LogP contribution in [0.1, 0.15) is 60.8 Å². The maximum atomic E-state index is 12.0. The molecule has 0 aliphatic rings. The maximum Gasteiger partial charge on any atom is 1.00 e. The zero-order valence-corrected chi connectivity index (χ0v) is 18.3. The number of carbonyl (C=O) groups is 2. The van der Waals surface area contributed by atoms with Gasteiger partial charge in [-0.2, -0.15) is 0 Å². The number of aliphatic carboxylic acids is 1. The van der Waals surface area contributed by atoms with Crippen molar-refractivity contribution in [2.24, 2.45) is 16.7 Å². The van der Waals surface area contributed by atoms with E-state index < -0.39 is 23.3 Å². The minimum atomic E-state index is -1.14. The Hall–Kier alpha value is -0.140. The summed E-state index contributed by atoms with van der Waals surface area (Å²) in [5.74, 6) is -2.24. The van der Waals surface area contributed by atoms with E-state index in [-0.39, 0.29) is 54.6 Å². The van der Waals surface area contributed by atoms with Crippen molar-refractivity contribution < 1.29 is 58.8 Å². The fraction of sp³-hybridized carbons (Fsp3) is 0.882. The van der Waals surface area contributed by atoms with E-state index in [1.54, 1.807) is 20.8 Å². The Morgan fingerprint density at radius 2 is 1.62 bits per heavy atom. The molecule has 0 N–H and O–H groups in total. The van der Waals surface area contributed by atoms with Gasteiger partial charge in [0.05, 0.1) is 12.0 Å². The SMILES string of the molecule is CCC(CC(C)(C)C(=O)OCCOOCC(C)(C)CC)C(=O)[O-].[Na+]. The fourth-order valence-corrected chi connectivity index (χ4v) is 1.82. The van der Waals surface area contributed by atoms with Gasteiger partial charge in [0, 0.05) is 5.97 Å². The topological polar surface area (TPSA) is 84.9 Å². The van der Waals surface area contributed by atoms with Gasteiger partial charge < -0.3 is 14.6 Å². The Morgan fingerprint density at radius 1 is 1.04 bits per heavy atom. The first-order chi connectivity index (χ1) is 10.6. The van der Waals surface area contributed by atoms with Gasteiger partial charge in [-0.1, -0.05) is 27.7 Å². The van der Waals surface area contributed by atoms with E-state index in [9.17, 15) is 14.7 Å². The van der Waals surface area contributed by atoms with Crippen LogP contribution in [-0.2, 0) is 24.1 Å². The number of carboxylic acid groups (broad SMARTS) is 1. The van der Waals surface area contributed by atoms with Crippen molar-refractivity contribution in [1.29, 1.82) is 0 Å². The maximum absolute atomic E-state index is 12.0. The largest absolute Gasteiger partial charge is 1.00 e. The Bertz CT molecular complexity index is 381. The smallest absolute Gasteiger partial charge is 0.550 e. The normalized spacial score (nSPS) is 13.1. The molecule has 0 saturated heterocycles. The second kappa shape index (κ2) is 12.3. The van der Waals surface area contributed by atoms with E-state index in [2.05, 4.69) is 20.8 Å². The van der Waals surface area contributed by atoms with Crippen LogP contribution in [0.25, 0.3) is 0 Å². The molecular formula is C17H31NaO6. The fourth-order valence-electron chi connectivity index (χ4n) is 1.82. The minimum absolute atomic E-state index is 0. The average molecular weight is 354 g/mol. The molecule has 136 valence electrons. The quantitative estimate of drug-likeness (QED) is 0.149. The van der Waals surface area contributed by atoms with Crippen LogP contribution in [0.15, 0.2) is 0 Å². The number of hydrogen-bond donors (Lipinski definition) is 0. The van der Waals surface area contributed by atoms with E-state index >= 15 is 0 Å². The molecule has 0 heterocycles. The molecule has 1 unspecified atom stereocenters. The van der Waals surface area contributed by atoms with Crippen molar-refractivity contribution in [1.82, 2.24) is 0 Å². The number of esters is 1. The average Bonchev–Trinajstić information content (AvgIpc) is 2.47. The molecule has 1 atom stereocenters. The summed E-state index contributed by atoms with van der Waals surface area (Å²) < 4.78 is 5.13. The van der Waals surface area contributed by atoms with Crippen molar-refractivity contribution in [2.75, 3.05) is 19.8 Å². The van der Waals surface area contributed by atoms with E-state index in [0.717, 1.165) is 6.42 Å². The first-order valence-corrected chi connectivity index (χ1v) is 8.18. The molecule has 0 rings (SSSR count). The Balaban J connectivity index is 0. The van der Waals surface area contributed by atoms with Crippen LogP contribution in [-0.4, -0.2) is 31.8 Å². The monoisotopic (exact) mass is 354 g/mol. The summed E-state index contributed by atoms with van der Waals surface area (Å²) in [6.07, 6.45) is 1.58. The summed E-state index contributed by atoms with van der Waals surface area (Å²) in [5, 5.41) is 11.0. The van der Waals surface area contributed by atoms with Crippen LogP contribution in [0, 0.1) is 16.7 Å². The molecular weight excluding hydrogens is 323 g/mol. The number of rotatable bonds is 12. The predicted octanol–water partition coefficient (Wildman–Crippen LogP) is -0.890. The zero-order valence-electron chi connectivity index (χ0n) is 16.3. The van der Waals surface area contributed by atoms with E-state index in [0.29, 0.717) is 13.0 Å². The summed E-state index contributed by atoms with van der Waals surface area (Å²) in [6.45, 7) is 12.0. The molecule has 0 saturated carbocycles. The van der Waals surface area contributed by atoms with E-state index in [4.69, 9.17) is 14.5 Å². The van der Waals surface area contributed by atoms with Gasteiger partial charge in [-0.3, -0.25) is 4.79 Å². The van der Waals surface area contributed by atoms with Gasteiger partial charge in [0.1, 0.15) is 13.2 Å². The van der Waals surface area contributed by atoms with Crippen molar-refractivity contribution in [3.63, 3.8) is 0 Å². The van der Waals surface area contributed by atoms with Crippen molar-refractivity contribution >= 4 is 11.9 Å². The van der Waals surface area contributed by atoms with Gasteiger partial charge in [0.25, 0.3) is 0 Å². The predicted molar refractivity (Wildman–Crippen MR) is 84.1 cm³/mol. The van der Waals surface area contributed by atoms with Crippen LogP contribution < -0.4 is 34.7 Å². The number of ether oxygens (including phenoxy) is 1. The third-order valence-electron chi connectivity index (χ3n) is 4.03. The minimum Gasteiger partial charge on any atom is -0.550 e. The molecule has 0 radical (unpaired) electrons. The molecule has 6 nitrogen and oxygen atoms in total. The van der Waals surface area contributed by atoms with Crippen LogP contribution in [0.3, 0.4) is 0 Å². The van der Waals surface area contributed by atoms with Gasteiger partial charge in [-0.25, -0.2) is 9.78 Å². The molecule has 0 aliphatic heterocycles. The van der Waals surface area contributed by atoms with Crippen LogP contribution in [0.2, 0.25) is 0 Å². The Labute approximate surface area is 167 Å². The number of carbonyl (C=O) groups excluding carboxylic acids is 2. The standard InChI is InChI=1S/C17H32O6.Na/c1-7-13(14(18)19)11-17(5,6)15(20)21-9-10-22-23-12-16(3,4)8-2;/h13H,7-12H2,1-6H3,(H,18,19);/q;+1/p-1. The zero-order chi connectivity index (χ0) is 18.1. The molecule has 0 fully saturated rings. The molecule has 0 aromatic heterocycles. The van der Waals surface area contributed by atoms with Crippen molar-refractivity contribution in [2.45, 2.75) is 60.8 Å². The van der Waals surface area contributed by atoms with Gasteiger partial charge in [-0.05, 0) is 44.4 Å². The van der Waals surface area contributed by atoms with Crippen LogP contribution in [0.4, 0.5) is 0 Å². The molecule has 0 spiro atoms. The van der Waals surface area contributed by atoms with Gasteiger partial charge in [0.15, 0.2) is 0 Å². The first kappa shape index (κ1) is 26.1. The van der Waals surface area contributed by atoms with Gasteiger partial charge in [0.2, 0.25) is 0 Å². The molecule has 0 amide bonds. The number of carboxylic acids is 1. The summed E-state index contributed by atoms with van der Waals surface area (Å²) in [5.41, 5.74) is -0.843.